The SMILES string of the molecule is O=C(Nc1ccc(F)c(Cl)c1)c1ccc(CN2CCc3ccccc32)cc1. The van der Waals surface area contributed by atoms with Gasteiger partial charge in [-0.1, -0.05) is 41.9 Å². The summed E-state index contributed by atoms with van der Waals surface area (Å²) in [6.07, 6.45) is 1.07. The van der Waals surface area contributed by atoms with Crippen LogP contribution in [0.3, 0.4) is 0 Å². The van der Waals surface area contributed by atoms with E-state index in [0.29, 0.717) is 11.3 Å². The van der Waals surface area contributed by atoms with E-state index in [0.717, 1.165) is 25.1 Å². The zero-order valence-electron chi connectivity index (χ0n) is 14.6. The van der Waals surface area contributed by atoms with E-state index in [1.54, 1.807) is 12.1 Å². The van der Waals surface area contributed by atoms with Gasteiger partial charge in [0.15, 0.2) is 0 Å². The predicted molar refractivity (Wildman–Crippen MR) is 107 cm³/mol. The lowest BCUT2D eigenvalue weighted by molar-refractivity contribution is 0.102. The van der Waals surface area contributed by atoms with Crippen LogP contribution in [0.15, 0.2) is 66.7 Å². The first-order chi connectivity index (χ1) is 13.1. The molecular formula is C22H18ClFN2O. The summed E-state index contributed by atoms with van der Waals surface area (Å²) in [4.78, 5) is 14.7. The second kappa shape index (κ2) is 7.41. The Morgan fingerprint density at radius 2 is 1.85 bits per heavy atom. The third-order valence-electron chi connectivity index (χ3n) is 4.75. The van der Waals surface area contributed by atoms with Crippen LogP contribution in [0.5, 0.6) is 0 Å². The van der Waals surface area contributed by atoms with E-state index in [-0.39, 0.29) is 10.9 Å². The molecule has 0 saturated heterocycles. The van der Waals surface area contributed by atoms with Crippen LogP contribution >= 0.6 is 11.6 Å². The Morgan fingerprint density at radius 3 is 2.63 bits per heavy atom. The molecule has 1 heterocycles. The Labute approximate surface area is 162 Å². The van der Waals surface area contributed by atoms with E-state index in [4.69, 9.17) is 11.6 Å². The van der Waals surface area contributed by atoms with Crippen LogP contribution in [0, 0.1) is 5.82 Å². The smallest absolute Gasteiger partial charge is 0.255 e. The Bertz CT molecular complexity index is 988. The number of benzene rings is 3. The molecule has 0 aromatic heterocycles. The molecule has 136 valence electrons. The summed E-state index contributed by atoms with van der Waals surface area (Å²) in [6.45, 7) is 1.82. The molecule has 0 atom stereocenters. The van der Waals surface area contributed by atoms with Crippen molar-refractivity contribution in [3.05, 3.63) is 94.3 Å². The lowest BCUT2D eigenvalue weighted by atomic mass is 10.1. The molecule has 5 heteroatoms. The lowest BCUT2D eigenvalue weighted by Gasteiger charge is -2.19. The number of nitrogens with one attached hydrogen (secondary N) is 1. The fraction of sp³-hybridized carbons (Fsp3) is 0.136. The first-order valence-corrected chi connectivity index (χ1v) is 9.16. The summed E-state index contributed by atoms with van der Waals surface area (Å²) in [5.74, 6) is -0.766. The van der Waals surface area contributed by atoms with Crippen molar-refractivity contribution < 1.29 is 9.18 Å². The molecule has 1 aliphatic rings. The summed E-state index contributed by atoms with van der Waals surface area (Å²) in [7, 11) is 0. The highest BCUT2D eigenvalue weighted by atomic mass is 35.5. The highest BCUT2D eigenvalue weighted by Crippen LogP contribution is 2.28. The summed E-state index contributed by atoms with van der Waals surface area (Å²) in [5, 5.41) is 2.71. The maximum Gasteiger partial charge on any atom is 0.255 e. The number of fused-ring (bicyclic) bond motifs is 1. The van der Waals surface area contributed by atoms with Crippen molar-refractivity contribution in [2.75, 3.05) is 16.8 Å². The van der Waals surface area contributed by atoms with Gasteiger partial charge in [0.25, 0.3) is 5.91 Å². The van der Waals surface area contributed by atoms with E-state index in [9.17, 15) is 9.18 Å². The quantitative estimate of drug-likeness (QED) is 0.666. The molecular weight excluding hydrogens is 363 g/mol. The minimum atomic E-state index is -0.512. The Balaban J connectivity index is 1.43. The second-order valence-corrected chi connectivity index (χ2v) is 6.99. The van der Waals surface area contributed by atoms with E-state index >= 15 is 0 Å². The number of para-hydroxylation sites is 1. The molecule has 0 spiro atoms. The molecule has 0 fully saturated rings. The molecule has 1 aliphatic heterocycles. The first-order valence-electron chi connectivity index (χ1n) is 8.78. The van der Waals surface area contributed by atoms with Crippen molar-refractivity contribution in [1.29, 1.82) is 0 Å². The van der Waals surface area contributed by atoms with E-state index in [1.807, 2.05) is 12.1 Å². The third-order valence-corrected chi connectivity index (χ3v) is 5.04. The number of rotatable bonds is 4. The zero-order valence-corrected chi connectivity index (χ0v) is 15.3. The summed E-state index contributed by atoms with van der Waals surface area (Å²) >= 11 is 5.75. The van der Waals surface area contributed by atoms with Crippen molar-refractivity contribution in [3.63, 3.8) is 0 Å². The molecule has 3 aromatic rings. The number of amides is 1. The fourth-order valence-electron chi connectivity index (χ4n) is 3.33. The van der Waals surface area contributed by atoms with E-state index in [1.165, 1.54) is 29.4 Å². The van der Waals surface area contributed by atoms with Crippen molar-refractivity contribution in [3.8, 4) is 0 Å². The van der Waals surface area contributed by atoms with Gasteiger partial charge in [-0.2, -0.15) is 0 Å². The maximum atomic E-state index is 13.2. The molecule has 1 amide bonds. The van der Waals surface area contributed by atoms with Crippen LogP contribution in [0.25, 0.3) is 0 Å². The minimum absolute atomic E-state index is 0.0194. The number of hydrogen-bond donors (Lipinski definition) is 1. The van der Waals surface area contributed by atoms with Crippen molar-refractivity contribution >= 4 is 28.9 Å². The van der Waals surface area contributed by atoms with Gasteiger partial charge in [-0.15, -0.1) is 0 Å². The van der Waals surface area contributed by atoms with Gasteiger partial charge in [-0.25, -0.2) is 4.39 Å². The monoisotopic (exact) mass is 380 g/mol. The second-order valence-electron chi connectivity index (χ2n) is 6.58. The van der Waals surface area contributed by atoms with E-state index in [2.05, 4.69) is 34.5 Å². The largest absolute Gasteiger partial charge is 0.367 e. The summed E-state index contributed by atoms with van der Waals surface area (Å²) < 4.78 is 13.2. The highest BCUT2D eigenvalue weighted by Gasteiger charge is 2.18. The highest BCUT2D eigenvalue weighted by molar-refractivity contribution is 6.31. The molecule has 27 heavy (non-hydrogen) atoms. The Kier molecular flexibility index (Phi) is 4.82. The molecule has 0 bridgehead atoms. The normalized spacial score (nSPS) is 12.7. The Hall–Kier alpha value is -2.85. The third kappa shape index (κ3) is 3.81. The van der Waals surface area contributed by atoms with Crippen molar-refractivity contribution in [2.24, 2.45) is 0 Å². The number of anilines is 2. The van der Waals surface area contributed by atoms with Gasteiger partial charge in [0.05, 0.1) is 5.02 Å². The molecule has 1 N–H and O–H groups in total. The number of hydrogen-bond acceptors (Lipinski definition) is 2. The van der Waals surface area contributed by atoms with Crippen molar-refractivity contribution in [1.82, 2.24) is 0 Å². The average molecular weight is 381 g/mol. The van der Waals surface area contributed by atoms with Gasteiger partial charge < -0.3 is 10.2 Å². The van der Waals surface area contributed by atoms with Gasteiger partial charge in [0.2, 0.25) is 0 Å². The zero-order chi connectivity index (χ0) is 18.8. The minimum Gasteiger partial charge on any atom is -0.367 e. The number of carbonyl (C=O) groups is 1. The molecule has 3 nitrogen and oxygen atoms in total. The summed E-state index contributed by atoms with van der Waals surface area (Å²) in [6, 6.07) is 20.1. The van der Waals surface area contributed by atoms with Gasteiger partial charge in [0.1, 0.15) is 5.82 Å². The maximum absolute atomic E-state index is 13.2. The molecule has 0 radical (unpaired) electrons. The van der Waals surface area contributed by atoms with Gasteiger partial charge in [-0.3, -0.25) is 4.79 Å². The van der Waals surface area contributed by atoms with Crippen LogP contribution in [-0.4, -0.2) is 12.5 Å². The fourth-order valence-corrected chi connectivity index (χ4v) is 3.51. The van der Waals surface area contributed by atoms with Crippen LogP contribution in [0.2, 0.25) is 5.02 Å². The summed E-state index contributed by atoms with van der Waals surface area (Å²) in [5.41, 5.74) is 4.82. The van der Waals surface area contributed by atoms with Crippen LogP contribution in [-0.2, 0) is 13.0 Å². The molecule has 3 aromatic carbocycles. The predicted octanol–water partition coefficient (Wildman–Crippen LogP) is 5.29. The first kappa shape index (κ1) is 17.6. The van der Waals surface area contributed by atoms with Gasteiger partial charge >= 0.3 is 0 Å². The molecule has 4 rings (SSSR count). The molecule has 0 unspecified atom stereocenters. The average Bonchev–Trinajstić information content (AvgIpc) is 3.08. The van der Waals surface area contributed by atoms with Gasteiger partial charge in [-0.05, 0) is 53.9 Å². The van der Waals surface area contributed by atoms with Crippen LogP contribution < -0.4 is 10.2 Å². The number of nitrogens with zero attached hydrogens (tertiary/aromatic N) is 1. The lowest BCUT2D eigenvalue weighted by Crippen LogP contribution is -2.19. The number of halogens is 2. The van der Waals surface area contributed by atoms with E-state index < -0.39 is 5.82 Å². The molecule has 0 saturated carbocycles. The molecule has 0 aliphatic carbocycles. The van der Waals surface area contributed by atoms with Crippen LogP contribution in [0.1, 0.15) is 21.5 Å². The van der Waals surface area contributed by atoms with Crippen LogP contribution in [0.4, 0.5) is 15.8 Å². The topological polar surface area (TPSA) is 32.3 Å². The number of carbonyl (C=O) groups excluding carboxylic acids is 1. The van der Waals surface area contributed by atoms with Crippen molar-refractivity contribution in [2.45, 2.75) is 13.0 Å². The van der Waals surface area contributed by atoms with Gasteiger partial charge in [0, 0.05) is 30.0 Å². The standard InChI is InChI=1S/C22H18ClFN2O/c23-19-13-18(9-10-20(19)24)25-22(27)17-7-5-15(6-8-17)14-26-12-11-16-3-1-2-4-21(16)26/h1-10,13H,11-12,14H2,(H,25,27). The Morgan fingerprint density at radius 1 is 1.07 bits per heavy atom.